The molecule has 0 radical (unpaired) electrons. The molecule has 1 aliphatic heterocycles. The van der Waals surface area contributed by atoms with E-state index in [0.29, 0.717) is 29.4 Å². The zero-order valence-corrected chi connectivity index (χ0v) is 14.0. The van der Waals surface area contributed by atoms with E-state index in [4.69, 9.17) is 10.5 Å². The highest BCUT2D eigenvalue weighted by molar-refractivity contribution is 6.05. The van der Waals surface area contributed by atoms with Crippen LogP contribution in [0.2, 0.25) is 0 Å². The molecule has 1 aliphatic rings. The topological polar surface area (TPSA) is 89.6 Å². The Hall–Kier alpha value is -2.89. The highest BCUT2D eigenvalue weighted by Gasteiger charge is 2.26. The van der Waals surface area contributed by atoms with Gasteiger partial charge in [0.25, 0.3) is 5.91 Å². The molecule has 3 N–H and O–H groups in total. The van der Waals surface area contributed by atoms with Crippen molar-refractivity contribution in [1.82, 2.24) is 4.98 Å². The Balaban J connectivity index is 1.73. The van der Waals surface area contributed by atoms with Crippen LogP contribution in [0.15, 0.2) is 41.5 Å². The maximum absolute atomic E-state index is 12.3. The van der Waals surface area contributed by atoms with Gasteiger partial charge in [-0.2, -0.15) is 0 Å². The molecule has 1 amide bonds. The Morgan fingerprint density at radius 3 is 2.58 bits per heavy atom. The molecular weight excluding hydrogens is 304 g/mol. The fourth-order valence-electron chi connectivity index (χ4n) is 2.32. The molecule has 124 valence electrons. The third-order valence-corrected chi connectivity index (χ3v) is 3.74. The molecule has 0 unspecified atom stereocenters. The van der Waals surface area contributed by atoms with Crippen molar-refractivity contribution in [2.24, 2.45) is 4.99 Å². The van der Waals surface area contributed by atoms with Crippen molar-refractivity contribution < 1.29 is 9.53 Å². The average Bonchev–Trinajstić information content (AvgIpc) is 2.91. The fraction of sp³-hybridized carbons (Fsp3) is 0.278. The maximum atomic E-state index is 12.3. The molecule has 6 heteroatoms. The summed E-state index contributed by atoms with van der Waals surface area (Å²) in [5, 5.41) is 2.79. The monoisotopic (exact) mass is 324 g/mol. The molecule has 6 nitrogen and oxygen atoms in total. The predicted molar refractivity (Wildman–Crippen MR) is 94.3 cm³/mol. The minimum atomic E-state index is -0.221. The van der Waals surface area contributed by atoms with Crippen molar-refractivity contribution in [2.45, 2.75) is 26.3 Å². The number of rotatable bonds is 3. The molecule has 0 saturated heterocycles. The van der Waals surface area contributed by atoms with Gasteiger partial charge in [0.05, 0.1) is 28.8 Å². The van der Waals surface area contributed by atoms with Crippen LogP contribution in [0.4, 0.5) is 11.4 Å². The number of hydrogen-bond acceptors (Lipinski definition) is 5. The highest BCUT2D eigenvalue weighted by atomic mass is 16.5. The summed E-state index contributed by atoms with van der Waals surface area (Å²) in [5.74, 6) is 0.392. The molecule has 0 aliphatic carbocycles. The molecule has 0 bridgehead atoms. The average molecular weight is 324 g/mol. The summed E-state index contributed by atoms with van der Waals surface area (Å²) in [4.78, 5) is 21.0. The number of nitrogens with zero attached hydrogens (tertiary/aromatic N) is 2. The lowest BCUT2D eigenvalue weighted by Crippen LogP contribution is -2.17. The summed E-state index contributed by atoms with van der Waals surface area (Å²) < 4.78 is 5.60. The van der Waals surface area contributed by atoms with Gasteiger partial charge < -0.3 is 15.8 Å². The van der Waals surface area contributed by atoms with E-state index < -0.39 is 0 Å². The molecule has 2 heterocycles. The van der Waals surface area contributed by atoms with Crippen LogP contribution >= 0.6 is 0 Å². The van der Waals surface area contributed by atoms with Gasteiger partial charge in [-0.25, -0.2) is 4.99 Å². The number of aliphatic imine (C=N–C) groups is 1. The van der Waals surface area contributed by atoms with Gasteiger partial charge in [-0.15, -0.1) is 0 Å². The number of benzene rings is 1. The highest BCUT2D eigenvalue weighted by Crippen LogP contribution is 2.21. The molecule has 1 aromatic carbocycles. The van der Waals surface area contributed by atoms with E-state index in [2.05, 4.69) is 15.3 Å². The Labute approximate surface area is 140 Å². The van der Waals surface area contributed by atoms with Gasteiger partial charge in [-0.3, -0.25) is 9.78 Å². The van der Waals surface area contributed by atoms with Crippen LogP contribution in [0.5, 0.6) is 0 Å². The largest absolute Gasteiger partial charge is 0.475 e. The van der Waals surface area contributed by atoms with Gasteiger partial charge >= 0.3 is 0 Å². The summed E-state index contributed by atoms with van der Waals surface area (Å²) in [6, 6.07) is 8.84. The lowest BCUT2D eigenvalue weighted by atomic mass is 10.1. The van der Waals surface area contributed by atoms with Crippen LogP contribution < -0.4 is 11.1 Å². The first-order valence-electron chi connectivity index (χ1n) is 7.71. The Morgan fingerprint density at radius 1 is 1.29 bits per heavy atom. The maximum Gasteiger partial charge on any atom is 0.255 e. The summed E-state index contributed by atoms with van der Waals surface area (Å²) in [7, 11) is 0. The molecule has 1 aromatic heterocycles. The SMILES string of the molecule is Cc1ncc(NC(=O)c2ccc(C3=NC(C)(C)CO3)cc2)cc1N. The number of carbonyl (C=O) groups is 1. The number of anilines is 2. The Morgan fingerprint density at radius 2 is 2.00 bits per heavy atom. The van der Waals surface area contributed by atoms with Crippen molar-refractivity contribution >= 4 is 23.2 Å². The molecule has 3 rings (SSSR count). The number of nitrogens with two attached hydrogens (primary N) is 1. The van der Waals surface area contributed by atoms with E-state index in [9.17, 15) is 4.79 Å². The molecule has 0 atom stereocenters. The number of hydrogen-bond donors (Lipinski definition) is 2. The van der Waals surface area contributed by atoms with Gasteiger partial charge in [0.1, 0.15) is 6.61 Å². The predicted octanol–water partition coefficient (Wildman–Crippen LogP) is 2.78. The van der Waals surface area contributed by atoms with Crippen LogP contribution in [-0.2, 0) is 4.74 Å². The van der Waals surface area contributed by atoms with Crippen LogP contribution in [-0.4, -0.2) is 28.9 Å². The third kappa shape index (κ3) is 3.37. The van der Waals surface area contributed by atoms with E-state index in [1.807, 2.05) is 32.9 Å². The number of amides is 1. The first-order valence-corrected chi connectivity index (χ1v) is 7.71. The Kier molecular flexibility index (Phi) is 3.97. The summed E-state index contributed by atoms with van der Waals surface area (Å²) in [6.07, 6.45) is 1.58. The molecule has 0 saturated carbocycles. The van der Waals surface area contributed by atoms with E-state index in [-0.39, 0.29) is 11.4 Å². The zero-order valence-electron chi connectivity index (χ0n) is 14.0. The zero-order chi connectivity index (χ0) is 17.3. The van der Waals surface area contributed by atoms with Crippen molar-refractivity contribution in [3.63, 3.8) is 0 Å². The lowest BCUT2D eigenvalue weighted by molar-refractivity contribution is 0.102. The fourth-order valence-corrected chi connectivity index (χ4v) is 2.32. The summed E-state index contributed by atoms with van der Waals surface area (Å²) >= 11 is 0. The molecular formula is C18H20N4O2. The van der Waals surface area contributed by atoms with Crippen LogP contribution in [0, 0.1) is 6.92 Å². The quantitative estimate of drug-likeness (QED) is 0.908. The lowest BCUT2D eigenvalue weighted by Gasteiger charge is -2.08. The second kappa shape index (κ2) is 5.96. The minimum Gasteiger partial charge on any atom is -0.475 e. The Bertz CT molecular complexity index is 810. The number of ether oxygens (including phenoxy) is 1. The van der Waals surface area contributed by atoms with Crippen molar-refractivity contribution in [1.29, 1.82) is 0 Å². The first-order chi connectivity index (χ1) is 11.3. The van der Waals surface area contributed by atoms with E-state index in [0.717, 1.165) is 11.3 Å². The number of aromatic nitrogens is 1. The number of nitrogen functional groups attached to an aromatic ring is 1. The molecule has 2 aromatic rings. The first kappa shape index (κ1) is 16.0. The van der Waals surface area contributed by atoms with E-state index >= 15 is 0 Å². The van der Waals surface area contributed by atoms with Crippen LogP contribution in [0.1, 0.15) is 35.5 Å². The number of aryl methyl sites for hydroxylation is 1. The van der Waals surface area contributed by atoms with E-state index in [1.54, 1.807) is 24.4 Å². The van der Waals surface area contributed by atoms with Gasteiger partial charge in [-0.05, 0) is 51.1 Å². The number of pyridine rings is 1. The third-order valence-electron chi connectivity index (χ3n) is 3.74. The molecule has 24 heavy (non-hydrogen) atoms. The van der Waals surface area contributed by atoms with Crippen molar-refractivity contribution in [2.75, 3.05) is 17.7 Å². The van der Waals surface area contributed by atoms with Crippen LogP contribution in [0.3, 0.4) is 0 Å². The minimum absolute atomic E-state index is 0.205. The van der Waals surface area contributed by atoms with Gasteiger partial charge in [-0.1, -0.05) is 0 Å². The smallest absolute Gasteiger partial charge is 0.255 e. The summed E-state index contributed by atoms with van der Waals surface area (Å²) in [6.45, 7) is 6.41. The number of nitrogens with one attached hydrogen (secondary N) is 1. The van der Waals surface area contributed by atoms with Gasteiger partial charge in [0.2, 0.25) is 5.90 Å². The van der Waals surface area contributed by atoms with Crippen molar-refractivity contribution in [3.05, 3.63) is 53.3 Å². The van der Waals surface area contributed by atoms with Gasteiger partial charge in [0, 0.05) is 11.1 Å². The number of carbonyl (C=O) groups excluding carboxylic acids is 1. The molecule has 0 spiro atoms. The standard InChI is InChI=1S/C18H20N4O2/c1-11-15(19)8-14(9-20-11)21-16(23)12-4-6-13(7-5-12)17-22-18(2,3)10-24-17/h4-9H,10,19H2,1-3H3,(H,21,23). The second-order valence-corrected chi connectivity index (χ2v) is 6.45. The van der Waals surface area contributed by atoms with Crippen molar-refractivity contribution in [3.8, 4) is 0 Å². The van der Waals surface area contributed by atoms with Crippen LogP contribution in [0.25, 0.3) is 0 Å². The molecule has 0 fully saturated rings. The summed E-state index contributed by atoms with van der Waals surface area (Å²) in [5.41, 5.74) is 8.84. The van der Waals surface area contributed by atoms with E-state index in [1.165, 1.54) is 0 Å². The van der Waals surface area contributed by atoms with Gasteiger partial charge in [0.15, 0.2) is 0 Å². The second-order valence-electron chi connectivity index (χ2n) is 6.45. The normalized spacial score (nSPS) is 15.5.